The van der Waals surface area contributed by atoms with Crippen molar-refractivity contribution >= 4 is 5.91 Å². The van der Waals surface area contributed by atoms with E-state index in [2.05, 4.69) is 32.2 Å². The molecule has 1 N–H and O–H groups in total. The third kappa shape index (κ3) is 3.90. The lowest BCUT2D eigenvalue weighted by Gasteiger charge is -2.24. The Bertz CT molecular complexity index is 715. The number of H-pyrrole nitrogens is 1. The first kappa shape index (κ1) is 17.6. The topological polar surface area (TPSA) is 65.1 Å². The Kier molecular flexibility index (Phi) is 5.18. The van der Waals surface area contributed by atoms with E-state index in [1.54, 1.807) is 0 Å². The van der Waals surface area contributed by atoms with Crippen LogP contribution < -0.4 is 0 Å². The minimum atomic E-state index is 0.0911. The van der Waals surface area contributed by atoms with Crippen molar-refractivity contribution in [2.75, 3.05) is 20.6 Å². The Balaban J connectivity index is 1.72. The van der Waals surface area contributed by atoms with Crippen LogP contribution in [0.15, 0.2) is 18.3 Å². The fourth-order valence-corrected chi connectivity index (χ4v) is 3.55. The zero-order valence-electron chi connectivity index (χ0n) is 15.5. The van der Waals surface area contributed by atoms with Crippen LogP contribution in [0.2, 0.25) is 0 Å². The third-order valence-electron chi connectivity index (χ3n) is 4.87. The molecule has 1 atom stereocenters. The average Bonchev–Trinajstić information content (AvgIpc) is 3.17. The predicted molar refractivity (Wildman–Crippen MR) is 97.1 cm³/mol. The zero-order valence-corrected chi connectivity index (χ0v) is 15.5. The second-order valence-corrected chi connectivity index (χ2v) is 7.16. The summed E-state index contributed by atoms with van der Waals surface area (Å²) in [4.78, 5) is 21.6. The van der Waals surface area contributed by atoms with Crippen LogP contribution in [-0.2, 0) is 17.8 Å². The summed E-state index contributed by atoms with van der Waals surface area (Å²) < 4.78 is 0. The first-order valence-corrected chi connectivity index (χ1v) is 8.85. The number of aromatic nitrogens is 3. The van der Waals surface area contributed by atoms with Crippen LogP contribution in [0.25, 0.3) is 0 Å². The zero-order chi connectivity index (χ0) is 18.0. The van der Waals surface area contributed by atoms with E-state index in [0.29, 0.717) is 6.42 Å². The maximum Gasteiger partial charge on any atom is 0.227 e. The number of aromatic amines is 1. The molecule has 25 heavy (non-hydrogen) atoms. The van der Waals surface area contributed by atoms with Crippen molar-refractivity contribution in [1.82, 2.24) is 25.0 Å². The molecule has 0 saturated carbocycles. The molecular weight excluding hydrogens is 314 g/mol. The van der Waals surface area contributed by atoms with Gasteiger partial charge in [0.15, 0.2) is 0 Å². The summed E-state index contributed by atoms with van der Waals surface area (Å²) in [5.41, 5.74) is 5.09. The highest BCUT2D eigenvalue weighted by Gasteiger charge is 2.31. The van der Waals surface area contributed by atoms with Crippen molar-refractivity contribution in [3.8, 4) is 0 Å². The summed E-state index contributed by atoms with van der Waals surface area (Å²) in [7, 11) is 4.09. The molecule has 6 heteroatoms. The van der Waals surface area contributed by atoms with Crippen LogP contribution in [0.3, 0.4) is 0 Å². The van der Waals surface area contributed by atoms with E-state index in [1.165, 1.54) is 5.56 Å². The lowest BCUT2D eigenvalue weighted by Crippen LogP contribution is -2.32. The Morgan fingerprint density at radius 3 is 2.76 bits per heavy atom. The Hall–Kier alpha value is -2.21. The highest BCUT2D eigenvalue weighted by atomic mass is 16.2. The van der Waals surface area contributed by atoms with Crippen LogP contribution >= 0.6 is 0 Å². The van der Waals surface area contributed by atoms with Gasteiger partial charge in [0.1, 0.15) is 0 Å². The monoisotopic (exact) mass is 341 g/mol. The summed E-state index contributed by atoms with van der Waals surface area (Å²) in [5.74, 6) is 0.161. The molecule has 6 nitrogen and oxygen atoms in total. The molecule has 2 aromatic heterocycles. The lowest BCUT2D eigenvalue weighted by molar-refractivity contribution is -0.131. The Morgan fingerprint density at radius 1 is 1.36 bits per heavy atom. The molecule has 0 aliphatic carbocycles. The fourth-order valence-electron chi connectivity index (χ4n) is 3.55. The standard InChI is InChI=1S/C19H27N5O/c1-13-16(14(2)22-21-13)10-19(25)24-9-5-6-18(24)17-8-7-15(11-20-17)12-23(3)4/h7-8,11,18H,5-6,9-10,12H2,1-4H3,(H,21,22)/t18-/m1/s1. The van der Waals surface area contributed by atoms with Crippen molar-refractivity contribution < 1.29 is 4.79 Å². The number of carbonyl (C=O) groups excluding carboxylic acids is 1. The summed E-state index contributed by atoms with van der Waals surface area (Å²) in [6.45, 7) is 5.59. The quantitative estimate of drug-likeness (QED) is 0.907. The summed E-state index contributed by atoms with van der Waals surface area (Å²) in [5, 5.41) is 7.15. The minimum Gasteiger partial charge on any atom is -0.334 e. The van der Waals surface area contributed by atoms with E-state index in [-0.39, 0.29) is 11.9 Å². The molecule has 0 bridgehead atoms. The number of aryl methyl sites for hydroxylation is 2. The summed E-state index contributed by atoms with van der Waals surface area (Å²) >= 11 is 0. The average molecular weight is 341 g/mol. The molecule has 2 aromatic rings. The maximum absolute atomic E-state index is 12.9. The van der Waals surface area contributed by atoms with Crippen LogP contribution in [0.1, 0.15) is 47.1 Å². The van der Waals surface area contributed by atoms with Gasteiger partial charge in [0.2, 0.25) is 5.91 Å². The highest BCUT2D eigenvalue weighted by molar-refractivity contribution is 5.80. The summed E-state index contributed by atoms with van der Waals surface area (Å²) in [6.07, 6.45) is 4.35. The van der Waals surface area contributed by atoms with Gasteiger partial charge < -0.3 is 9.80 Å². The molecule has 1 saturated heterocycles. The lowest BCUT2D eigenvalue weighted by atomic mass is 10.1. The fraction of sp³-hybridized carbons (Fsp3) is 0.526. The second-order valence-electron chi connectivity index (χ2n) is 7.16. The van der Waals surface area contributed by atoms with Gasteiger partial charge in [-0.1, -0.05) is 6.07 Å². The van der Waals surface area contributed by atoms with Gasteiger partial charge in [-0.05, 0) is 52.4 Å². The number of hydrogen-bond acceptors (Lipinski definition) is 4. The highest BCUT2D eigenvalue weighted by Crippen LogP contribution is 2.31. The number of nitrogens with one attached hydrogen (secondary N) is 1. The van der Waals surface area contributed by atoms with E-state index in [4.69, 9.17) is 0 Å². The van der Waals surface area contributed by atoms with Crippen LogP contribution in [0, 0.1) is 13.8 Å². The molecule has 0 spiro atoms. The van der Waals surface area contributed by atoms with Crippen molar-refractivity contribution in [3.63, 3.8) is 0 Å². The van der Waals surface area contributed by atoms with Crippen molar-refractivity contribution in [1.29, 1.82) is 0 Å². The van der Waals surface area contributed by atoms with Gasteiger partial charge in [-0.3, -0.25) is 14.9 Å². The van der Waals surface area contributed by atoms with Gasteiger partial charge >= 0.3 is 0 Å². The van der Waals surface area contributed by atoms with Gasteiger partial charge in [-0.25, -0.2) is 0 Å². The number of amides is 1. The molecule has 1 aliphatic heterocycles. The molecule has 134 valence electrons. The van der Waals surface area contributed by atoms with Gasteiger partial charge in [0.05, 0.1) is 23.9 Å². The molecule has 0 unspecified atom stereocenters. The van der Waals surface area contributed by atoms with Crippen LogP contribution in [0.5, 0.6) is 0 Å². The van der Waals surface area contributed by atoms with E-state index >= 15 is 0 Å². The first-order valence-electron chi connectivity index (χ1n) is 8.85. The number of likely N-dealkylation sites (tertiary alicyclic amines) is 1. The molecule has 0 radical (unpaired) electrons. The normalized spacial score (nSPS) is 17.5. The predicted octanol–water partition coefficient (Wildman–Crippen LogP) is 2.39. The number of nitrogens with zero attached hydrogens (tertiary/aromatic N) is 4. The molecule has 3 heterocycles. The van der Waals surface area contributed by atoms with E-state index in [0.717, 1.165) is 48.6 Å². The summed E-state index contributed by atoms with van der Waals surface area (Å²) in [6, 6.07) is 4.28. The van der Waals surface area contributed by atoms with Crippen LogP contribution in [0.4, 0.5) is 0 Å². The van der Waals surface area contributed by atoms with Gasteiger partial charge in [0, 0.05) is 30.5 Å². The SMILES string of the molecule is Cc1n[nH]c(C)c1CC(=O)N1CCC[C@@H]1c1ccc(CN(C)C)cn1. The smallest absolute Gasteiger partial charge is 0.227 e. The molecule has 1 fully saturated rings. The van der Waals surface area contributed by atoms with Gasteiger partial charge in [0.25, 0.3) is 0 Å². The van der Waals surface area contributed by atoms with E-state index < -0.39 is 0 Å². The first-order chi connectivity index (χ1) is 12.0. The molecule has 1 aliphatic rings. The van der Waals surface area contributed by atoms with E-state index in [9.17, 15) is 4.79 Å². The number of hydrogen-bond donors (Lipinski definition) is 1. The van der Waals surface area contributed by atoms with Gasteiger partial charge in [-0.2, -0.15) is 5.10 Å². The second kappa shape index (κ2) is 7.35. The molecule has 3 rings (SSSR count). The van der Waals surface area contributed by atoms with Crippen molar-refractivity contribution in [2.24, 2.45) is 0 Å². The van der Waals surface area contributed by atoms with E-state index in [1.807, 2.05) is 39.0 Å². The molecule has 1 amide bonds. The van der Waals surface area contributed by atoms with Crippen LogP contribution in [-0.4, -0.2) is 51.5 Å². The Labute approximate surface area is 149 Å². The van der Waals surface area contributed by atoms with Gasteiger partial charge in [-0.15, -0.1) is 0 Å². The largest absolute Gasteiger partial charge is 0.334 e. The maximum atomic E-state index is 12.9. The Morgan fingerprint density at radius 2 is 2.16 bits per heavy atom. The number of pyridine rings is 1. The van der Waals surface area contributed by atoms with Crippen molar-refractivity contribution in [3.05, 3.63) is 46.5 Å². The molecule has 0 aromatic carbocycles. The van der Waals surface area contributed by atoms with Crippen molar-refractivity contribution in [2.45, 2.75) is 45.7 Å². The molecular formula is C19H27N5O. The third-order valence-corrected chi connectivity index (χ3v) is 4.87. The minimum absolute atomic E-state index is 0.0911. The number of rotatable bonds is 5. The number of carbonyl (C=O) groups is 1.